The number of nitrogens with zero attached hydrogens (tertiary/aromatic N) is 2. The van der Waals surface area contributed by atoms with Crippen molar-refractivity contribution in [2.24, 2.45) is 0 Å². The minimum Gasteiger partial charge on any atom is -0.461 e. The van der Waals surface area contributed by atoms with Gasteiger partial charge in [0.25, 0.3) is 5.91 Å². The van der Waals surface area contributed by atoms with Gasteiger partial charge in [-0.05, 0) is 45.4 Å². The Labute approximate surface area is 154 Å². The number of aromatic nitrogens is 2. The van der Waals surface area contributed by atoms with Crippen molar-refractivity contribution in [2.75, 3.05) is 6.54 Å². The summed E-state index contributed by atoms with van der Waals surface area (Å²) in [5, 5.41) is 6.26. The van der Waals surface area contributed by atoms with Gasteiger partial charge in [0.1, 0.15) is 4.83 Å². The molecular formula is C18H20N4O3S. The summed E-state index contributed by atoms with van der Waals surface area (Å²) >= 11 is 1.29. The van der Waals surface area contributed by atoms with Crippen molar-refractivity contribution in [3.8, 4) is 11.6 Å². The molecule has 0 aromatic carbocycles. The molecule has 3 aromatic rings. The van der Waals surface area contributed by atoms with E-state index in [2.05, 4.69) is 20.6 Å². The highest BCUT2D eigenvalue weighted by atomic mass is 32.1. The molecule has 0 fully saturated rings. The molecular weight excluding hydrogens is 352 g/mol. The standard InChI is InChI=1S/C18H20N4O3S/c1-9(2)20-13(23)8-19-17(24)15-10(3)14-11(4)21-16(22-18(14)26-15)12-6-5-7-25-12/h5-7,9H,8H2,1-4H3,(H,19,24)(H,20,23). The first-order chi connectivity index (χ1) is 12.4. The monoisotopic (exact) mass is 372 g/mol. The van der Waals surface area contributed by atoms with E-state index in [9.17, 15) is 9.59 Å². The van der Waals surface area contributed by atoms with Crippen LogP contribution in [-0.4, -0.2) is 34.4 Å². The number of aryl methyl sites for hydroxylation is 2. The van der Waals surface area contributed by atoms with Crippen LogP contribution in [0.5, 0.6) is 0 Å². The van der Waals surface area contributed by atoms with Gasteiger partial charge < -0.3 is 15.1 Å². The van der Waals surface area contributed by atoms with Crippen LogP contribution >= 0.6 is 11.3 Å². The third-order valence-electron chi connectivity index (χ3n) is 3.78. The van der Waals surface area contributed by atoms with Crippen LogP contribution in [0.3, 0.4) is 0 Å². The second kappa shape index (κ2) is 7.25. The maximum absolute atomic E-state index is 12.5. The van der Waals surface area contributed by atoms with Crippen LogP contribution < -0.4 is 10.6 Å². The molecule has 8 heteroatoms. The summed E-state index contributed by atoms with van der Waals surface area (Å²) in [6, 6.07) is 3.60. The Morgan fingerprint density at radius 1 is 1.27 bits per heavy atom. The first-order valence-corrected chi connectivity index (χ1v) is 9.07. The zero-order valence-corrected chi connectivity index (χ0v) is 15.9. The SMILES string of the molecule is Cc1nc(-c2ccco2)nc2sc(C(=O)NCC(=O)NC(C)C)c(C)c12. The number of hydrogen-bond acceptors (Lipinski definition) is 6. The molecule has 26 heavy (non-hydrogen) atoms. The van der Waals surface area contributed by atoms with Gasteiger partial charge in [-0.1, -0.05) is 0 Å². The van der Waals surface area contributed by atoms with Gasteiger partial charge in [-0.2, -0.15) is 0 Å². The van der Waals surface area contributed by atoms with Gasteiger partial charge in [0.2, 0.25) is 5.91 Å². The number of rotatable bonds is 5. The average molecular weight is 372 g/mol. The number of carbonyl (C=O) groups is 2. The molecule has 0 radical (unpaired) electrons. The molecule has 136 valence electrons. The minimum absolute atomic E-state index is 0.0309. The average Bonchev–Trinajstić information content (AvgIpc) is 3.20. The predicted molar refractivity (Wildman–Crippen MR) is 100 cm³/mol. The van der Waals surface area contributed by atoms with Crippen molar-refractivity contribution in [2.45, 2.75) is 33.7 Å². The Kier molecular flexibility index (Phi) is 5.03. The maximum atomic E-state index is 12.5. The molecule has 0 unspecified atom stereocenters. The Hall–Kier alpha value is -2.74. The lowest BCUT2D eigenvalue weighted by atomic mass is 10.1. The first-order valence-electron chi connectivity index (χ1n) is 8.26. The Bertz CT molecular complexity index is 961. The molecule has 7 nitrogen and oxygen atoms in total. The second-order valence-corrected chi connectivity index (χ2v) is 7.25. The van der Waals surface area contributed by atoms with Crippen LogP contribution in [0.1, 0.15) is 34.8 Å². The minimum atomic E-state index is -0.289. The summed E-state index contributed by atoms with van der Waals surface area (Å²) in [7, 11) is 0. The Balaban J connectivity index is 1.87. The van der Waals surface area contributed by atoms with Gasteiger partial charge >= 0.3 is 0 Å². The highest BCUT2D eigenvalue weighted by molar-refractivity contribution is 7.20. The highest BCUT2D eigenvalue weighted by Gasteiger charge is 2.20. The van der Waals surface area contributed by atoms with Crippen molar-refractivity contribution < 1.29 is 14.0 Å². The number of nitrogens with one attached hydrogen (secondary N) is 2. The van der Waals surface area contributed by atoms with Gasteiger partial charge in [-0.15, -0.1) is 11.3 Å². The summed E-state index contributed by atoms with van der Waals surface area (Å²) in [6.45, 7) is 7.42. The molecule has 3 heterocycles. The quantitative estimate of drug-likeness (QED) is 0.718. The molecule has 0 saturated carbocycles. The van der Waals surface area contributed by atoms with Crippen molar-refractivity contribution in [3.63, 3.8) is 0 Å². The number of carbonyl (C=O) groups excluding carboxylic acids is 2. The molecule has 0 aliphatic heterocycles. The third kappa shape index (κ3) is 3.60. The second-order valence-electron chi connectivity index (χ2n) is 6.25. The van der Waals surface area contributed by atoms with Crippen LogP contribution in [0.25, 0.3) is 21.8 Å². The smallest absolute Gasteiger partial charge is 0.262 e. The van der Waals surface area contributed by atoms with Crippen LogP contribution in [0.2, 0.25) is 0 Å². The summed E-state index contributed by atoms with van der Waals surface area (Å²) in [6.07, 6.45) is 1.57. The third-order valence-corrected chi connectivity index (χ3v) is 4.96. The van der Waals surface area contributed by atoms with E-state index in [0.29, 0.717) is 16.5 Å². The molecule has 0 aliphatic rings. The zero-order valence-electron chi connectivity index (χ0n) is 15.0. The van der Waals surface area contributed by atoms with Crippen molar-refractivity contribution >= 4 is 33.4 Å². The largest absolute Gasteiger partial charge is 0.461 e. The Morgan fingerprint density at radius 2 is 2.04 bits per heavy atom. The van der Waals surface area contributed by atoms with Gasteiger partial charge in [-0.3, -0.25) is 9.59 Å². The van der Waals surface area contributed by atoms with Crippen molar-refractivity contribution in [1.82, 2.24) is 20.6 Å². The van der Waals surface area contributed by atoms with Gasteiger partial charge in [0.15, 0.2) is 11.6 Å². The fraction of sp³-hybridized carbons (Fsp3) is 0.333. The molecule has 3 rings (SSSR count). The van der Waals surface area contributed by atoms with Crippen molar-refractivity contribution in [3.05, 3.63) is 34.5 Å². The van der Waals surface area contributed by atoms with E-state index in [-0.39, 0.29) is 24.4 Å². The molecule has 0 bridgehead atoms. The molecule has 0 atom stereocenters. The van der Waals surface area contributed by atoms with E-state index in [0.717, 1.165) is 21.5 Å². The molecule has 3 aromatic heterocycles. The van der Waals surface area contributed by atoms with E-state index in [4.69, 9.17) is 4.42 Å². The van der Waals surface area contributed by atoms with Gasteiger partial charge in [0, 0.05) is 11.4 Å². The lowest BCUT2D eigenvalue weighted by molar-refractivity contribution is -0.120. The number of thiophene rings is 1. The van der Waals surface area contributed by atoms with E-state index in [1.54, 1.807) is 18.4 Å². The van der Waals surface area contributed by atoms with Gasteiger partial charge in [0.05, 0.1) is 23.4 Å². The number of fused-ring (bicyclic) bond motifs is 1. The molecule has 0 saturated heterocycles. The van der Waals surface area contributed by atoms with Crippen LogP contribution in [0.4, 0.5) is 0 Å². The summed E-state index contributed by atoms with van der Waals surface area (Å²) in [5.74, 6) is 0.563. The number of hydrogen-bond donors (Lipinski definition) is 2. The van der Waals surface area contributed by atoms with E-state index in [1.165, 1.54) is 11.3 Å². The predicted octanol–water partition coefficient (Wildman–Crippen LogP) is 2.82. The van der Waals surface area contributed by atoms with Crippen molar-refractivity contribution in [1.29, 1.82) is 0 Å². The topological polar surface area (TPSA) is 97.1 Å². The molecule has 2 amide bonds. The molecule has 2 N–H and O–H groups in total. The summed E-state index contributed by atoms with van der Waals surface area (Å²) in [4.78, 5) is 34.5. The fourth-order valence-electron chi connectivity index (χ4n) is 2.69. The first kappa shape index (κ1) is 18.1. The molecule has 0 aliphatic carbocycles. The Morgan fingerprint density at radius 3 is 2.69 bits per heavy atom. The lowest BCUT2D eigenvalue weighted by Gasteiger charge is -2.09. The zero-order chi connectivity index (χ0) is 18.8. The summed E-state index contributed by atoms with van der Waals surface area (Å²) in [5.41, 5.74) is 1.60. The fourth-order valence-corrected chi connectivity index (χ4v) is 3.83. The van der Waals surface area contributed by atoms with Crippen LogP contribution in [-0.2, 0) is 4.79 Å². The number of amides is 2. The van der Waals surface area contributed by atoms with Crippen LogP contribution in [0, 0.1) is 13.8 Å². The van der Waals surface area contributed by atoms with Gasteiger partial charge in [-0.25, -0.2) is 9.97 Å². The summed E-state index contributed by atoms with van der Waals surface area (Å²) < 4.78 is 5.36. The lowest BCUT2D eigenvalue weighted by Crippen LogP contribution is -2.39. The normalized spacial score (nSPS) is 11.1. The highest BCUT2D eigenvalue weighted by Crippen LogP contribution is 2.32. The van der Waals surface area contributed by atoms with E-state index < -0.39 is 0 Å². The van der Waals surface area contributed by atoms with E-state index >= 15 is 0 Å². The number of furan rings is 1. The van der Waals surface area contributed by atoms with Crippen LogP contribution in [0.15, 0.2) is 22.8 Å². The van der Waals surface area contributed by atoms with E-state index in [1.807, 2.05) is 27.7 Å². The maximum Gasteiger partial charge on any atom is 0.262 e. The molecule has 0 spiro atoms.